The number of hydrogen-bond donors (Lipinski definition) is 1. The molecule has 1 aromatic rings. The summed E-state index contributed by atoms with van der Waals surface area (Å²) in [5, 5.41) is 1.63. The minimum atomic E-state index is -5.67. The van der Waals surface area contributed by atoms with E-state index >= 15 is 0 Å². The van der Waals surface area contributed by atoms with Crippen molar-refractivity contribution in [1.82, 2.24) is 5.32 Å². The van der Waals surface area contributed by atoms with Crippen molar-refractivity contribution in [3.05, 3.63) is 35.9 Å². The number of halogens is 6. The average molecular weight is 285 g/mol. The van der Waals surface area contributed by atoms with Crippen LogP contribution in [0.15, 0.2) is 30.3 Å². The van der Waals surface area contributed by atoms with Gasteiger partial charge < -0.3 is 5.32 Å². The van der Waals surface area contributed by atoms with Crippen LogP contribution < -0.4 is 5.32 Å². The Morgan fingerprint density at radius 3 is 1.89 bits per heavy atom. The SMILES string of the molecule is O=C(NCc1ccccc1)C(C(F)(F)F)C(F)(F)F. The van der Waals surface area contributed by atoms with Crippen molar-refractivity contribution in [1.29, 1.82) is 0 Å². The fourth-order valence-electron chi connectivity index (χ4n) is 1.37. The second-order valence-electron chi connectivity index (χ2n) is 3.72. The number of benzene rings is 1. The molecule has 0 saturated heterocycles. The summed E-state index contributed by atoms with van der Waals surface area (Å²) in [6, 6.07) is 7.66. The van der Waals surface area contributed by atoms with Gasteiger partial charge >= 0.3 is 12.4 Å². The molecule has 0 saturated carbocycles. The first-order valence-electron chi connectivity index (χ1n) is 5.07. The van der Waals surface area contributed by atoms with Gasteiger partial charge in [0.15, 0.2) is 0 Å². The van der Waals surface area contributed by atoms with Gasteiger partial charge in [-0.1, -0.05) is 30.3 Å². The third-order valence-electron chi connectivity index (χ3n) is 2.23. The Kier molecular flexibility index (Phi) is 4.43. The van der Waals surface area contributed by atoms with E-state index in [1.54, 1.807) is 23.5 Å². The van der Waals surface area contributed by atoms with Crippen LogP contribution in [0.5, 0.6) is 0 Å². The van der Waals surface area contributed by atoms with Gasteiger partial charge in [-0.3, -0.25) is 4.79 Å². The highest BCUT2D eigenvalue weighted by Crippen LogP contribution is 2.39. The molecule has 0 heterocycles. The van der Waals surface area contributed by atoms with Gasteiger partial charge in [-0.2, -0.15) is 26.3 Å². The zero-order chi connectivity index (χ0) is 14.7. The van der Waals surface area contributed by atoms with Gasteiger partial charge in [-0.05, 0) is 5.56 Å². The van der Waals surface area contributed by atoms with Crippen molar-refractivity contribution in [2.45, 2.75) is 18.9 Å². The number of carbonyl (C=O) groups is 1. The number of alkyl halides is 6. The number of rotatable bonds is 3. The summed E-state index contributed by atoms with van der Waals surface area (Å²) in [7, 11) is 0. The third-order valence-corrected chi connectivity index (χ3v) is 2.23. The highest BCUT2D eigenvalue weighted by molar-refractivity contribution is 5.80. The van der Waals surface area contributed by atoms with E-state index in [1.807, 2.05) is 0 Å². The van der Waals surface area contributed by atoms with Crippen LogP contribution in [0.1, 0.15) is 5.56 Å². The van der Waals surface area contributed by atoms with Gasteiger partial charge in [0.25, 0.3) is 0 Å². The Morgan fingerprint density at radius 2 is 1.47 bits per heavy atom. The van der Waals surface area contributed by atoms with Crippen molar-refractivity contribution in [3.63, 3.8) is 0 Å². The van der Waals surface area contributed by atoms with E-state index in [0.29, 0.717) is 5.56 Å². The molecular weight excluding hydrogens is 276 g/mol. The lowest BCUT2D eigenvalue weighted by Crippen LogP contribution is -2.47. The summed E-state index contributed by atoms with van der Waals surface area (Å²) in [5.41, 5.74) is 0.402. The molecular formula is C11H9F6NO. The molecule has 1 aromatic carbocycles. The van der Waals surface area contributed by atoms with E-state index in [2.05, 4.69) is 0 Å². The fourth-order valence-corrected chi connectivity index (χ4v) is 1.37. The van der Waals surface area contributed by atoms with Gasteiger partial charge in [0.1, 0.15) is 0 Å². The molecule has 0 unspecified atom stereocenters. The Bertz CT molecular complexity index is 411. The van der Waals surface area contributed by atoms with Gasteiger partial charge in [0, 0.05) is 6.54 Å². The predicted molar refractivity (Wildman–Crippen MR) is 53.9 cm³/mol. The molecule has 8 heteroatoms. The van der Waals surface area contributed by atoms with Crippen molar-refractivity contribution >= 4 is 5.91 Å². The molecule has 0 spiro atoms. The normalized spacial score (nSPS) is 12.6. The highest BCUT2D eigenvalue weighted by atomic mass is 19.4. The largest absolute Gasteiger partial charge is 0.409 e. The quantitative estimate of drug-likeness (QED) is 0.850. The number of amides is 1. The molecule has 1 N–H and O–H groups in total. The number of carbonyl (C=O) groups excluding carboxylic acids is 1. The summed E-state index contributed by atoms with van der Waals surface area (Å²) in [6.45, 7) is -0.400. The molecule has 1 amide bonds. The molecule has 0 aromatic heterocycles. The number of hydrogen-bond acceptors (Lipinski definition) is 1. The van der Waals surface area contributed by atoms with Crippen LogP contribution in [-0.4, -0.2) is 18.3 Å². The molecule has 0 bridgehead atoms. The summed E-state index contributed by atoms with van der Waals surface area (Å²) >= 11 is 0. The van der Waals surface area contributed by atoms with Crippen LogP contribution in [0.4, 0.5) is 26.3 Å². The third kappa shape index (κ3) is 4.46. The van der Waals surface area contributed by atoms with Crippen LogP contribution in [0.25, 0.3) is 0 Å². The molecule has 0 atom stereocenters. The minimum absolute atomic E-state index is 0.400. The first kappa shape index (κ1) is 15.3. The summed E-state index contributed by atoms with van der Waals surface area (Å²) in [5.74, 6) is -6.12. The Balaban J connectivity index is 2.74. The molecule has 1 rings (SSSR count). The lowest BCUT2D eigenvalue weighted by Gasteiger charge is -2.22. The molecule has 19 heavy (non-hydrogen) atoms. The molecule has 0 aliphatic carbocycles. The smallest absolute Gasteiger partial charge is 0.351 e. The van der Waals surface area contributed by atoms with Crippen LogP contribution >= 0.6 is 0 Å². The monoisotopic (exact) mass is 285 g/mol. The van der Waals surface area contributed by atoms with Gasteiger partial charge in [-0.25, -0.2) is 0 Å². The van der Waals surface area contributed by atoms with Crippen molar-refractivity contribution < 1.29 is 31.1 Å². The zero-order valence-corrected chi connectivity index (χ0v) is 9.35. The maximum atomic E-state index is 12.2. The topological polar surface area (TPSA) is 29.1 Å². The highest BCUT2D eigenvalue weighted by Gasteiger charge is 2.60. The maximum Gasteiger partial charge on any atom is 0.409 e. The lowest BCUT2D eigenvalue weighted by atomic mass is 10.1. The fraction of sp³-hybridized carbons (Fsp3) is 0.364. The van der Waals surface area contributed by atoms with Crippen LogP contribution in [0, 0.1) is 5.92 Å². The van der Waals surface area contributed by atoms with E-state index in [0.717, 1.165) is 0 Å². The second-order valence-corrected chi connectivity index (χ2v) is 3.72. The van der Waals surface area contributed by atoms with Crippen LogP contribution in [-0.2, 0) is 11.3 Å². The number of nitrogens with one attached hydrogen (secondary N) is 1. The first-order chi connectivity index (χ1) is 8.62. The predicted octanol–water partition coefficient (Wildman–Crippen LogP) is 3.04. The molecule has 106 valence electrons. The molecule has 0 aliphatic heterocycles. The maximum absolute atomic E-state index is 12.2. The minimum Gasteiger partial charge on any atom is -0.351 e. The van der Waals surface area contributed by atoms with Crippen LogP contribution in [0.2, 0.25) is 0 Å². The molecule has 0 radical (unpaired) electrons. The Hall–Kier alpha value is -1.73. The Labute approximate surface area is 104 Å². The molecule has 0 fully saturated rings. The van der Waals surface area contributed by atoms with E-state index in [1.165, 1.54) is 12.1 Å². The summed E-state index contributed by atoms with van der Waals surface area (Å²) in [4.78, 5) is 11.1. The van der Waals surface area contributed by atoms with Gasteiger partial charge in [-0.15, -0.1) is 0 Å². The summed E-state index contributed by atoms with van der Waals surface area (Å²) < 4.78 is 73.3. The van der Waals surface area contributed by atoms with Crippen molar-refractivity contribution in [3.8, 4) is 0 Å². The second kappa shape index (κ2) is 5.50. The lowest BCUT2D eigenvalue weighted by molar-refractivity contribution is -0.274. The van der Waals surface area contributed by atoms with Crippen molar-refractivity contribution in [2.75, 3.05) is 0 Å². The first-order valence-corrected chi connectivity index (χ1v) is 5.07. The van der Waals surface area contributed by atoms with E-state index in [-0.39, 0.29) is 0 Å². The van der Waals surface area contributed by atoms with E-state index in [9.17, 15) is 31.1 Å². The Morgan fingerprint density at radius 1 is 1.00 bits per heavy atom. The zero-order valence-electron chi connectivity index (χ0n) is 9.35. The standard InChI is InChI=1S/C11H9F6NO/c12-10(13,14)8(11(15,16)17)9(19)18-6-7-4-2-1-3-5-7/h1-5,8H,6H2,(H,18,19). The molecule has 2 nitrogen and oxygen atoms in total. The van der Waals surface area contributed by atoms with Gasteiger partial charge in [0.05, 0.1) is 0 Å². The van der Waals surface area contributed by atoms with Gasteiger partial charge in [0.2, 0.25) is 11.8 Å². The molecule has 0 aliphatic rings. The summed E-state index contributed by atoms with van der Waals surface area (Å²) in [6.07, 6.45) is -11.3. The average Bonchev–Trinajstić information content (AvgIpc) is 2.24. The van der Waals surface area contributed by atoms with E-state index in [4.69, 9.17) is 0 Å². The van der Waals surface area contributed by atoms with E-state index < -0.39 is 30.7 Å². The van der Waals surface area contributed by atoms with Crippen LogP contribution in [0.3, 0.4) is 0 Å². The van der Waals surface area contributed by atoms with Crippen molar-refractivity contribution in [2.24, 2.45) is 5.92 Å².